The third-order valence-electron chi connectivity index (χ3n) is 5.84. The van der Waals surface area contributed by atoms with Crippen molar-refractivity contribution in [2.24, 2.45) is 0 Å². The summed E-state index contributed by atoms with van der Waals surface area (Å²) >= 11 is 0. The zero-order valence-corrected chi connectivity index (χ0v) is 18.9. The first kappa shape index (κ1) is 20.9. The number of hydrogen-bond acceptors (Lipinski definition) is 3. The maximum Gasteiger partial charge on any atom is 0.0925 e. The van der Waals surface area contributed by atoms with Crippen LogP contribution in [0.15, 0.2) is 109 Å². The van der Waals surface area contributed by atoms with Crippen molar-refractivity contribution in [1.82, 2.24) is 9.97 Å². The fourth-order valence-electron chi connectivity index (χ4n) is 4.16. The molecule has 0 bridgehead atoms. The number of nitrogens with zero attached hydrogens (tertiary/aromatic N) is 3. The van der Waals surface area contributed by atoms with Gasteiger partial charge >= 0.3 is 0 Å². The van der Waals surface area contributed by atoms with Crippen LogP contribution >= 0.6 is 0 Å². The average molecular weight is 430 g/mol. The zero-order valence-electron chi connectivity index (χ0n) is 18.9. The number of rotatable bonds is 7. The summed E-state index contributed by atoms with van der Waals surface area (Å²) in [5.74, 6) is 0. The highest BCUT2D eigenvalue weighted by atomic mass is 15.1. The number of aryl methyl sites for hydroxylation is 1. The van der Waals surface area contributed by atoms with Crippen molar-refractivity contribution in [3.05, 3.63) is 115 Å². The third-order valence-corrected chi connectivity index (χ3v) is 5.84. The van der Waals surface area contributed by atoms with Gasteiger partial charge in [-0.05, 0) is 61.4 Å². The normalized spacial score (nSPS) is 10.9. The maximum atomic E-state index is 5.01. The Kier molecular flexibility index (Phi) is 6.12. The van der Waals surface area contributed by atoms with Crippen LogP contribution in [0, 0.1) is 0 Å². The van der Waals surface area contributed by atoms with Crippen LogP contribution in [0.25, 0.3) is 22.3 Å². The molecule has 0 saturated carbocycles. The van der Waals surface area contributed by atoms with Crippen LogP contribution in [-0.2, 0) is 6.42 Å². The smallest absolute Gasteiger partial charge is 0.0925 e. The fraction of sp³-hybridized carbons (Fsp3) is 0.133. The molecule has 0 unspecified atom stereocenters. The standard InChI is InChI=1S/C30H27N3/c1-2-3-16-29-30(32-28-18-11-10-17-27(28)31-29)23-19-21-26(22-20-23)33(24-12-6-4-7-13-24)25-14-8-5-9-15-25/h4-15,17-22H,2-3,16H2,1H3. The summed E-state index contributed by atoms with van der Waals surface area (Å²) in [5, 5.41) is 0. The van der Waals surface area contributed by atoms with E-state index >= 15 is 0 Å². The lowest BCUT2D eigenvalue weighted by Gasteiger charge is -2.25. The van der Waals surface area contributed by atoms with Crippen LogP contribution in [-0.4, -0.2) is 9.97 Å². The van der Waals surface area contributed by atoms with E-state index in [9.17, 15) is 0 Å². The molecule has 1 heterocycles. The first-order valence-electron chi connectivity index (χ1n) is 11.6. The summed E-state index contributed by atoms with van der Waals surface area (Å²) in [4.78, 5) is 12.3. The Balaban J connectivity index is 1.57. The highest BCUT2D eigenvalue weighted by Crippen LogP contribution is 2.35. The molecule has 0 aliphatic heterocycles. The lowest BCUT2D eigenvalue weighted by molar-refractivity contribution is 0.778. The van der Waals surface area contributed by atoms with Gasteiger partial charge in [-0.1, -0.05) is 74.0 Å². The van der Waals surface area contributed by atoms with Gasteiger partial charge in [-0.2, -0.15) is 0 Å². The minimum atomic E-state index is 0.936. The minimum absolute atomic E-state index is 0.936. The van der Waals surface area contributed by atoms with Gasteiger partial charge in [-0.25, -0.2) is 9.97 Å². The molecule has 0 radical (unpaired) electrons. The van der Waals surface area contributed by atoms with Crippen LogP contribution in [0.3, 0.4) is 0 Å². The quantitative estimate of drug-likeness (QED) is 0.262. The van der Waals surface area contributed by atoms with Crippen LogP contribution < -0.4 is 4.90 Å². The molecular weight excluding hydrogens is 402 g/mol. The summed E-state index contributed by atoms with van der Waals surface area (Å²) in [7, 11) is 0. The van der Waals surface area contributed by atoms with Crippen molar-refractivity contribution < 1.29 is 0 Å². The van der Waals surface area contributed by atoms with Crippen molar-refractivity contribution in [3.63, 3.8) is 0 Å². The molecule has 0 N–H and O–H groups in total. The van der Waals surface area contributed by atoms with Gasteiger partial charge in [0.15, 0.2) is 0 Å². The average Bonchev–Trinajstić information content (AvgIpc) is 2.89. The second-order valence-electron chi connectivity index (χ2n) is 8.16. The summed E-state index contributed by atoms with van der Waals surface area (Å²) in [6.45, 7) is 2.21. The molecule has 3 nitrogen and oxygen atoms in total. The van der Waals surface area contributed by atoms with Gasteiger partial charge in [-0.15, -0.1) is 0 Å². The lowest BCUT2D eigenvalue weighted by Crippen LogP contribution is -2.09. The number of para-hydroxylation sites is 4. The van der Waals surface area contributed by atoms with Gasteiger partial charge in [0.1, 0.15) is 0 Å². The predicted molar refractivity (Wildman–Crippen MR) is 138 cm³/mol. The Bertz CT molecular complexity index is 1290. The van der Waals surface area contributed by atoms with Crippen molar-refractivity contribution >= 4 is 28.1 Å². The summed E-state index contributed by atoms with van der Waals surface area (Å²) in [5.41, 5.74) is 8.43. The first-order valence-corrected chi connectivity index (χ1v) is 11.6. The zero-order chi connectivity index (χ0) is 22.5. The van der Waals surface area contributed by atoms with Gasteiger partial charge in [0.2, 0.25) is 0 Å². The maximum absolute atomic E-state index is 5.01. The molecule has 0 fully saturated rings. The molecule has 0 spiro atoms. The van der Waals surface area contributed by atoms with Crippen LogP contribution in [0.1, 0.15) is 25.5 Å². The highest BCUT2D eigenvalue weighted by molar-refractivity contribution is 5.80. The number of hydrogen-bond donors (Lipinski definition) is 0. The van der Waals surface area contributed by atoms with E-state index in [1.807, 2.05) is 36.4 Å². The van der Waals surface area contributed by atoms with Gasteiger partial charge in [-0.3, -0.25) is 0 Å². The number of unbranched alkanes of at least 4 members (excludes halogenated alkanes) is 1. The van der Waals surface area contributed by atoms with Gasteiger partial charge < -0.3 is 4.90 Å². The minimum Gasteiger partial charge on any atom is -0.311 e. The molecular formula is C30H27N3. The van der Waals surface area contributed by atoms with E-state index in [0.717, 1.165) is 64.3 Å². The Morgan fingerprint density at radius 1 is 0.576 bits per heavy atom. The fourth-order valence-corrected chi connectivity index (χ4v) is 4.16. The third kappa shape index (κ3) is 4.49. The Morgan fingerprint density at radius 2 is 1.09 bits per heavy atom. The Labute approximate surface area is 195 Å². The van der Waals surface area contributed by atoms with Crippen LogP contribution in [0.5, 0.6) is 0 Å². The second-order valence-corrected chi connectivity index (χ2v) is 8.16. The number of aromatic nitrogens is 2. The number of fused-ring (bicyclic) bond motifs is 1. The molecule has 4 aromatic carbocycles. The van der Waals surface area contributed by atoms with E-state index in [4.69, 9.17) is 9.97 Å². The molecule has 1 aromatic heterocycles. The van der Waals surface area contributed by atoms with Gasteiger partial charge in [0.05, 0.1) is 22.4 Å². The van der Waals surface area contributed by atoms with Crippen molar-refractivity contribution in [1.29, 1.82) is 0 Å². The molecule has 3 heteroatoms. The molecule has 5 rings (SSSR count). The van der Waals surface area contributed by atoms with E-state index in [2.05, 4.69) is 84.6 Å². The molecule has 0 amide bonds. The SMILES string of the molecule is CCCCc1nc2ccccc2nc1-c1ccc(N(c2ccccc2)c2ccccc2)cc1. The number of anilines is 3. The van der Waals surface area contributed by atoms with Gasteiger partial charge in [0.25, 0.3) is 0 Å². The lowest BCUT2D eigenvalue weighted by atomic mass is 10.0. The van der Waals surface area contributed by atoms with Crippen LogP contribution in [0.4, 0.5) is 17.1 Å². The van der Waals surface area contributed by atoms with E-state index in [1.165, 1.54) is 0 Å². The van der Waals surface area contributed by atoms with Crippen molar-refractivity contribution in [2.45, 2.75) is 26.2 Å². The van der Waals surface area contributed by atoms with E-state index in [1.54, 1.807) is 0 Å². The van der Waals surface area contributed by atoms with Crippen molar-refractivity contribution in [2.75, 3.05) is 4.90 Å². The Morgan fingerprint density at radius 3 is 1.67 bits per heavy atom. The predicted octanol–water partition coefficient (Wildman–Crippen LogP) is 8.11. The summed E-state index contributed by atoms with van der Waals surface area (Å²) in [6.07, 6.45) is 3.18. The molecule has 0 saturated heterocycles. The van der Waals surface area contributed by atoms with Crippen LogP contribution in [0.2, 0.25) is 0 Å². The summed E-state index contributed by atoms with van der Waals surface area (Å²) in [6, 6.07) is 37.8. The van der Waals surface area contributed by atoms with E-state index in [0.29, 0.717) is 0 Å². The Hall–Kier alpha value is -3.98. The second kappa shape index (κ2) is 9.66. The van der Waals surface area contributed by atoms with E-state index < -0.39 is 0 Å². The molecule has 162 valence electrons. The molecule has 5 aromatic rings. The van der Waals surface area contributed by atoms with Crippen molar-refractivity contribution in [3.8, 4) is 11.3 Å². The molecule has 0 aliphatic rings. The monoisotopic (exact) mass is 429 g/mol. The number of benzene rings is 4. The molecule has 0 aliphatic carbocycles. The summed E-state index contributed by atoms with van der Waals surface area (Å²) < 4.78 is 0. The molecule has 0 atom stereocenters. The van der Waals surface area contributed by atoms with Gasteiger partial charge in [0, 0.05) is 22.6 Å². The molecule has 33 heavy (non-hydrogen) atoms. The largest absolute Gasteiger partial charge is 0.311 e. The topological polar surface area (TPSA) is 29.0 Å². The highest BCUT2D eigenvalue weighted by Gasteiger charge is 2.14. The van der Waals surface area contributed by atoms with E-state index in [-0.39, 0.29) is 0 Å². The first-order chi connectivity index (χ1) is 16.3.